The monoisotopic (exact) mass is 669 g/mol. The van der Waals surface area contributed by atoms with Crippen molar-refractivity contribution in [2.45, 2.75) is 112 Å². The highest BCUT2D eigenvalue weighted by Gasteiger charge is 2.56. The van der Waals surface area contributed by atoms with Gasteiger partial charge in [0.05, 0.1) is 17.6 Å². The van der Waals surface area contributed by atoms with E-state index in [1.807, 2.05) is 13.0 Å². The molecule has 2 aliphatic heterocycles. The SMILES string of the molecule is CCCCOc1ccc(C(F)(F)C(C(=O)N2C3CCC2CC(N)C3)N(C)S(=O)(=O)c2ccc3cc(OC4CCCC4)ccc3c2)cc1. The Labute approximate surface area is 276 Å². The predicted octanol–water partition coefficient (Wildman–Crippen LogP) is 6.60. The van der Waals surface area contributed by atoms with Gasteiger partial charge in [-0.05, 0) is 117 Å². The summed E-state index contributed by atoms with van der Waals surface area (Å²) < 4.78 is 74.1. The number of unbranched alkanes of at least 4 members (excludes halogenated alkanes) is 1. The van der Waals surface area contributed by atoms with Gasteiger partial charge in [0.1, 0.15) is 11.5 Å². The van der Waals surface area contributed by atoms with Gasteiger partial charge in [-0.1, -0.05) is 25.5 Å². The highest BCUT2D eigenvalue weighted by Crippen LogP contribution is 2.42. The first-order valence-electron chi connectivity index (χ1n) is 16.9. The first-order chi connectivity index (χ1) is 22.5. The average Bonchev–Trinajstić information content (AvgIpc) is 3.66. The van der Waals surface area contributed by atoms with Crippen LogP contribution in [0.1, 0.15) is 76.7 Å². The minimum absolute atomic E-state index is 0.126. The highest BCUT2D eigenvalue weighted by atomic mass is 32.2. The molecule has 2 bridgehead atoms. The number of likely N-dealkylation sites (N-methyl/N-ethyl adjacent to an activating group) is 1. The van der Waals surface area contributed by atoms with Gasteiger partial charge < -0.3 is 20.1 Å². The third kappa shape index (κ3) is 6.85. The molecular formula is C36H45F2N3O5S. The number of sulfonamides is 1. The van der Waals surface area contributed by atoms with Crippen molar-refractivity contribution in [1.29, 1.82) is 0 Å². The maximum absolute atomic E-state index is 16.7. The van der Waals surface area contributed by atoms with Crippen LogP contribution in [0.3, 0.4) is 0 Å². The van der Waals surface area contributed by atoms with E-state index in [9.17, 15) is 13.2 Å². The number of rotatable bonds is 12. The Morgan fingerprint density at radius 1 is 0.957 bits per heavy atom. The number of nitrogens with two attached hydrogens (primary N) is 1. The summed E-state index contributed by atoms with van der Waals surface area (Å²) in [4.78, 5) is 15.6. The zero-order chi connectivity index (χ0) is 33.3. The molecule has 0 radical (unpaired) electrons. The number of hydrogen-bond acceptors (Lipinski definition) is 6. The van der Waals surface area contributed by atoms with Gasteiger partial charge >= 0.3 is 0 Å². The number of carbonyl (C=O) groups is 1. The number of piperidine rings is 1. The molecule has 11 heteroatoms. The lowest BCUT2D eigenvalue weighted by Crippen LogP contribution is -2.61. The van der Waals surface area contributed by atoms with E-state index in [0.29, 0.717) is 53.5 Å². The van der Waals surface area contributed by atoms with Crippen molar-refractivity contribution in [2.75, 3.05) is 13.7 Å². The molecule has 1 aliphatic carbocycles. The van der Waals surface area contributed by atoms with E-state index in [2.05, 4.69) is 0 Å². The van der Waals surface area contributed by atoms with Crippen LogP contribution in [0.25, 0.3) is 10.8 Å². The van der Waals surface area contributed by atoms with Crippen molar-refractivity contribution in [1.82, 2.24) is 9.21 Å². The summed E-state index contributed by atoms with van der Waals surface area (Å²) in [5.74, 6) is -3.63. The van der Waals surface area contributed by atoms with Gasteiger partial charge in [-0.25, -0.2) is 8.42 Å². The molecule has 6 rings (SSSR count). The van der Waals surface area contributed by atoms with E-state index >= 15 is 8.78 Å². The second-order valence-electron chi connectivity index (χ2n) is 13.3. The normalized spacial score (nSPS) is 22.6. The Morgan fingerprint density at radius 3 is 2.23 bits per heavy atom. The molecule has 2 N–H and O–H groups in total. The van der Waals surface area contributed by atoms with Crippen LogP contribution in [0, 0.1) is 0 Å². The standard InChI is InChI=1S/C36H45F2N3O5S/c1-3-4-19-45-30-16-11-26(12-17-30)36(37,38)34(35(42)41-28-13-14-29(41)23-27(39)22-28)40(2)47(43,44)33-18-10-24-20-32(15-9-25(24)21-33)46-31-7-5-6-8-31/h9-12,15-18,20-21,27-29,31,34H,3-8,13-14,19,22-23,39H2,1-2H3. The van der Waals surface area contributed by atoms with Crippen molar-refractivity contribution < 1.29 is 31.5 Å². The molecule has 0 aromatic heterocycles. The van der Waals surface area contributed by atoms with Crippen LogP contribution in [-0.2, 0) is 20.7 Å². The molecule has 3 aromatic rings. The van der Waals surface area contributed by atoms with Crippen molar-refractivity contribution >= 4 is 26.7 Å². The van der Waals surface area contributed by atoms with Gasteiger partial charge in [-0.3, -0.25) is 4.79 Å². The van der Waals surface area contributed by atoms with Crippen LogP contribution in [0.15, 0.2) is 65.6 Å². The largest absolute Gasteiger partial charge is 0.494 e. The molecule has 47 heavy (non-hydrogen) atoms. The zero-order valence-corrected chi connectivity index (χ0v) is 27.9. The topological polar surface area (TPSA) is 102 Å². The van der Waals surface area contributed by atoms with Crippen LogP contribution < -0.4 is 15.2 Å². The van der Waals surface area contributed by atoms with Crippen molar-refractivity contribution in [2.24, 2.45) is 5.73 Å². The lowest BCUT2D eigenvalue weighted by molar-refractivity contribution is -0.154. The Bertz CT molecular complexity index is 1670. The Balaban J connectivity index is 1.32. The number of amides is 1. The summed E-state index contributed by atoms with van der Waals surface area (Å²) in [6, 6.07) is 12.2. The second-order valence-corrected chi connectivity index (χ2v) is 15.3. The lowest BCUT2D eigenvalue weighted by atomic mass is 9.94. The first kappa shape index (κ1) is 33.6. The molecule has 3 aliphatic rings. The molecule has 3 atom stereocenters. The Kier molecular flexibility index (Phi) is 9.79. The van der Waals surface area contributed by atoms with Gasteiger partial charge in [0.15, 0.2) is 6.04 Å². The van der Waals surface area contributed by atoms with Crippen LogP contribution in [-0.4, -0.2) is 67.5 Å². The van der Waals surface area contributed by atoms with Gasteiger partial charge in [0.2, 0.25) is 15.9 Å². The molecule has 3 fully saturated rings. The number of nitrogens with zero attached hydrogens (tertiary/aromatic N) is 2. The Morgan fingerprint density at radius 2 is 1.57 bits per heavy atom. The van der Waals surface area contributed by atoms with Gasteiger partial charge in [-0.2, -0.15) is 13.1 Å². The number of alkyl halides is 2. The van der Waals surface area contributed by atoms with Crippen LogP contribution >= 0.6 is 0 Å². The fraction of sp³-hybridized carbons (Fsp3) is 0.528. The number of benzene rings is 3. The van der Waals surface area contributed by atoms with E-state index in [4.69, 9.17) is 15.2 Å². The third-order valence-electron chi connectivity index (χ3n) is 10.0. The van der Waals surface area contributed by atoms with E-state index in [1.165, 1.54) is 41.3 Å². The van der Waals surface area contributed by atoms with Gasteiger partial charge in [-0.15, -0.1) is 0 Å². The summed E-state index contributed by atoms with van der Waals surface area (Å²) in [7, 11) is -3.48. The third-order valence-corrected chi connectivity index (χ3v) is 11.9. The number of carbonyl (C=O) groups excluding carboxylic acids is 1. The van der Waals surface area contributed by atoms with Gasteiger partial charge in [0.25, 0.3) is 5.92 Å². The fourth-order valence-electron chi connectivity index (χ4n) is 7.46. The fourth-order valence-corrected chi connectivity index (χ4v) is 8.81. The van der Waals surface area contributed by atoms with Crippen LogP contribution in [0.4, 0.5) is 8.78 Å². The molecular weight excluding hydrogens is 624 g/mol. The molecule has 3 unspecified atom stereocenters. The second kappa shape index (κ2) is 13.7. The number of fused-ring (bicyclic) bond motifs is 3. The van der Waals surface area contributed by atoms with E-state index < -0.39 is 33.5 Å². The van der Waals surface area contributed by atoms with Crippen LogP contribution in [0.2, 0.25) is 0 Å². The van der Waals surface area contributed by atoms with E-state index in [0.717, 1.165) is 51.0 Å². The van der Waals surface area contributed by atoms with Crippen molar-refractivity contribution in [3.63, 3.8) is 0 Å². The summed E-state index contributed by atoms with van der Waals surface area (Å²) >= 11 is 0. The van der Waals surface area contributed by atoms with Gasteiger partial charge in [0, 0.05) is 30.7 Å². The smallest absolute Gasteiger partial charge is 0.298 e. The number of ether oxygens (including phenoxy) is 2. The molecule has 1 saturated carbocycles. The predicted molar refractivity (Wildman–Crippen MR) is 177 cm³/mol. The average molecular weight is 670 g/mol. The molecule has 1 amide bonds. The first-order valence-corrected chi connectivity index (χ1v) is 18.3. The molecule has 3 aromatic carbocycles. The van der Waals surface area contributed by atoms with E-state index in [-0.39, 0.29) is 29.1 Å². The quantitative estimate of drug-likeness (QED) is 0.218. The highest BCUT2D eigenvalue weighted by molar-refractivity contribution is 7.89. The number of hydrogen-bond donors (Lipinski definition) is 1. The minimum atomic E-state index is -4.56. The van der Waals surface area contributed by atoms with Crippen LogP contribution in [0.5, 0.6) is 11.5 Å². The summed E-state index contributed by atoms with van der Waals surface area (Å²) in [5, 5.41) is 1.39. The maximum Gasteiger partial charge on any atom is 0.298 e. The minimum Gasteiger partial charge on any atom is -0.494 e. The Hall–Kier alpha value is -3.28. The molecule has 0 spiro atoms. The molecule has 8 nitrogen and oxygen atoms in total. The summed E-state index contributed by atoms with van der Waals surface area (Å²) in [5.41, 5.74) is 5.75. The van der Waals surface area contributed by atoms with Crippen molar-refractivity contribution in [3.8, 4) is 11.5 Å². The maximum atomic E-state index is 16.7. The molecule has 2 saturated heterocycles. The summed E-state index contributed by atoms with van der Waals surface area (Å²) in [6.45, 7) is 2.48. The molecule has 2 heterocycles. The van der Waals surface area contributed by atoms with Crippen molar-refractivity contribution in [3.05, 3.63) is 66.2 Å². The van der Waals surface area contributed by atoms with E-state index in [1.54, 1.807) is 18.2 Å². The number of halogens is 2. The lowest BCUT2D eigenvalue weighted by Gasteiger charge is -2.42. The summed E-state index contributed by atoms with van der Waals surface area (Å²) in [6.07, 6.45) is 8.52. The zero-order valence-electron chi connectivity index (χ0n) is 27.1. The molecule has 254 valence electrons.